The van der Waals surface area contributed by atoms with E-state index in [2.05, 4.69) is 24.1 Å². The van der Waals surface area contributed by atoms with E-state index in [4.69, 9.17) is 0 Å². The molecule has 3 atom stereocenters. The van der Waals surface area contributed by atoms with E-state index >= 15 is 0 Å². The lowest BCUT2D eigenvalue weighted by Gasteiger charge is -2.38. The van der Waals surface area contributed by atoms with Crippen LogP contribution in [0.25, 0.3) is 0 Å². The molecule has 1 aliphatic rings. The maximum absolute atomic E-state index is 11.3. The number of piperidine rings is 1. The Hall–Kier alpha value is -0.610. The van der Waals surface area contributed by atoms with E-state index in [0.29, 0.717) is 19.0 Å². The molecule has 106 valence electrons. The van der Waals surface area contributed by atoms with Gasteiger partial charge in [0.2, 0.25) is 0 Å². The molecule has 4 heteroatoms. The van der Waals surface area contributed by atoms with Crippen molar-refractivity contribution in [2.75, 3.05) is 19.6 Å². The Morgan fingerprint density at radius 1 is 1.50 bits per heavy atom. The molecule has 1 rings (SSSR count). The number of carbonyl (C=O) groups is 1. The summed E-state index contributed by atoms with van der Waals surface area (Å²) in [6.45, 7) is 10.9. The van der Waals surface area contributed by atoms with Crippen LogP contribution in [-0.4, -0.2) is 47.2 Å². The first-order chi connectivity index (χ1) is 8.39. The van der Waals surface area contributed by atoms with E-state index in [1.54, 1.807) is 6.92 Å². The van der Waals surface area contributed by atoms with Crippen molar-refractivity contribution in [1.29, 1.82) is 0 Å². The fourth-order valence-electron chi connectivity index (χ4n) is 2.82. The average Bonchev–Trinajstić information content (AvgIpc) is 2.28. The Balaban J connectivity index is 2.49. The molecule has 0 aromatic rings. The first-order valence-corrected chi connectivity index (χ1v) is 7.11. The van der Waals surface area contributed by atoms with Crippen molar-refractivity contribution < 1.29 is 9.90 Å². The van der Waals surface area contributed by atoms with Gasteiger partial charge in [0.1, 0.15) is 5.54 Å². The first kappa shape index (κ1) is 15.4. The molecule has 0 bridgehead atoms. The lowest BCUT2D eigenvalue weighted by molar-refractivity contribution is -0.144. The van der Waals surface area contributed by atoms with Crippen LogP contribution in [0.4, 0.5) is 0 Å². The summed E-state index contributed by atoms with van der Waals surface area (Å²) < 4.78 is 0. The number of carboxylic acids is 1. The normalized spacial score (nSPS) is 28.9. The summed E-state index contributed by atoms with van der Waals surface area (Å²) in [5, 5.41) is 12.4. The van der Waals surface area contributed by atoms with Crippen molar-refractivity contribution in [3.05, 3.63) is 0 Å². The standard InChI is InChI=1S/C14H28N2O2/c1-5-15-14(4,13(17)18)7-9-16-8-6-11(2)10-12(16)3/h11-12,15H,5-10H2,1-4H3,(H,17,18). The second kappa shape index (κ2) is 6.53. The first-order valence-electron chi connectivity index (χ1n) is 7.11. The predicted molar refractivity (Wildman–Crippen MR) is 73.8 cm³/mol. The largest absolute Gasteiger partial charge is 0.480 e. The summed E-state index contributed by atoms with van der Waals surface area (Å²) in [4.78, 5) is 13.8. The molecule has 1 saturated heterocycles. The molecular weight excluding hydrogens is 228 g/mol. The number of nitrogens with one attached hydrogen (secondary N) is 1. The van der Waals surface area contributed by atoms with E-state index in [1.807, 2.05) is 6.92 Å². The van der Waals surface area contributed by atoms with Gasteiger partial charge >= 0.3 is 5.97 Å². The van der Waals surface area contributed by atoms with Gasteiger partial charge in [-0.15, -0.1) is 0 Å². The topological polar surface area (TPSA) is 52.6 Å². The highest BCUT2D eigenvalue weighted by atomic mass is 16.4. The van der Waals surface area contributed by atoms with E-state index in [-0.39, 0.29) is 0 Å². The summed E-state index contributed by atoms with van der Waals surface area (Å²) in [5.74, 6) is 0.0539. The molecule has 0 spiro atoms. The smallest absolute Gasteiger partial charge is 0.323 e. The van der Waals surface area contributed by atoms with E-state index < -0.39 is 11.5 Å². The highest BCUT2D eigenvalue weighted by Crippen LogP contribution is 2.23. The molecule has 1 heterocycles. The summed E-state index contributed by atoms with van der Waals surface area (Å²) >= 11 is 0. The van der Waals surface area contributed by atoms with Crippen LogP contribution >= 0.6 is 0 Å². The predicted octanol–water partition coefficient (Wildman–Crippen LogP) is 1.95. The minimum absolute atomic E-state index is 0.577. The Kier molecular flexibility index (Phi) is 5.60. The van der Waals surface area contributed by atoms with Gasteiger partial charge in [-0.1, -0.05) is 13.8 Å². The molecule has 0 saturated carbocycles. The van der Waals surface area contributed by atoms with Crippen LogP contribution in [0.3, 0.4) is 0 Å². The third kappa shape index (κ3) is 3.95. The number of hydrogen-bond acceptors (Lipinski definition) is 3. The molecule has 18 heavy (non-hydrogen) atoms. The highest BCUT2D eigenvalue weighted by Gasteiger charge is 2.33. The van der Waals surface area contributed by atoms with Gasteiger partial charge in [-0.05, 0) is 52.1 Å². The molecule has 0 aromatic carbocycles. The van der Waals surface area contributed by atoms with Gasteiger partial charge in [0.15, 0.2) is 0 Å². The van der Waals surface area contributed by atoms with Gasteiger partial charge in [0, 0.05) is 12.6 Å². The van der Waals surface area contributed by atoms with Crippen LogP contribution < -0.4 is 5.32 Å². The molecule has 1 fully saturated rings. The van der Waals surface area contributed by atoms with Gasteiger partial charge in [-0.25, -0.2) is 0 Å². The van der Waals surface area contributed by atoms with E-state index in [0.717, 1.165) is 19.0 Å². The van der Waals surface area contributed by atoms with Crippen LogP contribution in [-0.2, 0) is 4.79 Å². The Morgan fingerprint density at radius 3 is 2.67 bits per heavy atom. The number of rotatable bonds is 6. The minimum atomic E-state index is -0.794. The Morgan fingerprint density at radius 2 is 2.17 bits per heavy atom. The molecule has 0 aliphatic carbocycles. The third-order valence-corrected chi connectivity index (χ3v) is 4.21. The van der Waals surface area contributed by atoms with Crippen molar-refractivity contribution in [3.63, 3.8) is 0 Å². The third-order valence-electron chi connectivity index (χ3n) is 4.21. The minimum Gasteiger partial charge on any atom is -0.480 e. The quantitative estimate of drug-likeness (QED) is 0.762. The zero-order chi connectivity index (χ0) is 13.8. The SMILES string of the molecule is CCNC(C)(CCN1CCC(C)CC1C)C(=O)O. The van der Waals surface area contributed by atoms with E-state index in [1.165, 1.54) is 12.8 Å². The highest BCUT2D eigenvalue weighted by molar-refractivity contribution is 5.78. The van der Waals surface area contributed by atoms with Crippen molar-refractivity contribution in [3.8, 4) is 0 Å². The second-order valence-corrected chi connectivity index (χ2v) is 5.93. The van der Waals surface area contributed by atoms with Crippen LogP contribution in [0.1, 0.15) is 47.0 Å². The van der Waals surface area contributed by atoms with Crippen LogP contribution in [0, 0.1) is 5.92 Å². The number of likely N-dealkylation sites (tertiary alicyclic amines) is 1. The molecule has 0 aromatic heterocycles. The molecule has 1 aliphatic heterocycles. The molecule has 4 nitrogen and oxygen atoms in total. The Labute approximate surface area is 111 Å². The number of likely N-dealkylation sites (N-methyl/N-ethyl adjacent to an activating group) is 1. The zero-order valence-corrected chi connectivity index (χ0v) is 12.2. The van der Waals surface area contributed by atoms with Crippen molar-refractivity contribution in [2.24, 2.45) is 5.92 Å². The van der Waals surface area contributed by atoms with Gasteiger partial charge in [0.05, 0.1) is 0 Å². The summed E-state index contributed by atoms with van der Waals surface area (Å²) in [6, 6.07) is 0.577. The lowest BCUT2D eigenvalue weighted by Crippen LogP contribution is -2.52. The molecule has 0 amide bonds. The summed E-state index contributed by atoms with van der Waals surface area (Å²) in [6.07, 6.45) is 3.12. The lowest BCUT2D eigenvalue weighted by atomic mass is 9.91. The fraction of sp³-hybridized carbons (Fsp3) is 0.929. The monoisotopic (exact) mass is 256 g/mol. The van der Waals surface area contributed by atoms with Gasteiger partial charge in [-0.2, -0.15) is 0 Å². The van der Waals surface area contributed by atoms with E-state index in [9.17, 15) is 9.90 Å². The number of nitrogens with zero attached hydrogens (tertiary/aromatic N) is 1. The van der Waals surface area contributed by atoms with Crippen LogP contribution in [0.15, 0.2) is 0 Å². The molecule has 0 radical (unpaired) electrons. The van der Waals surface area contributed by atoms with Crippen LogP contribution in [0.2, 0.25) is 0 Å². The number of carboxylic acid groups (broad SMARTS) is 1. The maximum Gasteiger partial charge on any atom is 0.323 e. The van der Waals surface area contributed by atoms with Gasteiger partial charge < -0.3 is 15.3 Å². The zero-order valence-electron chi connectivity index (χ0n) is 12.2. The number of aliphatic carboxylic acids is 1. The summed E-state index contributed by atoms with van der Waals surface area (Å²) in [5.41, 5.74) is -0.794. The van der Waals surface area contributed by atoms with Gasteiger partial charge in [0.25, 0.3) is 0 Å². The van der Waals surface area contributed by atoms with Crippen molar-refractivity contribution in [2.45, 2.75) is 58.5 Å². The van der Waals surface area contributed by atoms with Crippen molar-refractivity contribution >= 4 is 5.97 Å². The fourth-order valence-corrected chi connectivity index (χ4v) is 2.82. The number of hydrogen-bond donors (Lipinski definition) is 2. The molecular formula is C14H28N2O2. The summed E-state index contributed by atoms with van der Waals surface area (Å²) in [7, 11) is 0. The second-order valence-electron chi connectivity index (χ2n) is 5.93. The van der Waals surface area contributed by atoms with Crippen LogP contribution in [0.5, 0.6) is 0 Å². The Bertz CT molecular complexity index is 283. The maximum atomic E-state index is 11.3. The van der Waals surface area contributed by atoms with Gasteiger partial charge in [-0.3, -0.25) is 4.79 Å². The molecule has 3 unspecified atom stereocenters. The average molecular weight is 256 g/mol. The molecule has 2 N–H and O–H groups in total. The van der Waals surface area contributed by atoms with Crippen molar-refractivity contribution in [1.82, 2.24) is 10.2 Å².